The van der Waals surface area contributed by atoms with E-state index in [2.05, 4.69) is 19.0 Å². The second-order valence-electron chi connectivity index (χ2n) is 7.80. The maximum absolute atomic E-state index is 12.0. The van der Waals surface area contributed by atoms with Gasteiger partial charge in [-0.15, -0.1) is 0 Å². The molecule has 0 unspecified atom stereocenters. The largest absolute Gasteiger partial charge is 0.465 e. The highest BCUT2D eigenvalue weighted by molar-refractivity contribution is 6.08. The number of pyridine rings is 1. The first kappa shape index (κ1) is 21.1. The molecule has 0 saturated heterocycles. The number of anilines is 1. The van der Waals surface area contributed by atoms with Gasteiger partial charge in [-0.2, -0.15) is 0 Å². The zero-order chi connectivity index (χ0) is 22.0. The van der Waals surface area contributed by atoms with Crippen molar-refractivity contribution in [3.8, 4) is 11.1 Å². The van der Waals surface area contributed by atoms with Crippen molar-refractivity contribution >= 4 is 28.5 Å². The van der Waals surface area contributed by atoms with Crippen LogP contribution < -0.4 is 10.6 Å². The van der Waals surface area contributed by atoms with E-state index < -0.39 is 6.09 Å². The SMILES string of the molecule is Cc1ccc(-c2c(N(C)C(=O)O)c(CC(C)C)nc3ccc(/C(N)=N/O)cc23)cc1. The average molecular weight is 406 g/mol. The van der Waals surface area contributed by atoms with Crippen molar-refractivity contribution < 1.29 is 15.1 Å². The molecule has 3 aromatic rings. The quantitative estimate of drug-likeness (QED) is 0.248. The number of carbonyl (C=O) groups is 1. The first-order valence-corrected chi connectivity index (χ1v) is 9.71. The second-order valence-corrected chi connectivity index (χ2v) is 7.80. The molecule has 7 nitrogen and oxygen atoms in total. The van der Waals surface area contributed by atoms with Crippen LogP contribution in [0.5, 0.6) is 0 Å². The van der Waals surface area contributed by atoms with E-state index >= 15 is 0 Å². The van der Waals surface area contributed by atoms with Crippen molar-refractivity contribution in [2.75, 3.05) is 11.9 Å². The summed E-state index contributed by atoms with van der Waals surface area (Å²) in [5, 5.41) is 22.7. The zero-order valence-electron chi connectivity index (χ0n) is 17.5. The van der Waals surface area contributed by atoms with Gasteiger partial charge in [0.05, 0.1) is 16.9 Å². The summed E-state index contributed by atoms with van der Waals surface area (Å²) in [6.07, 6.45) is -0.439. The van der Waals surface area contributed by atoms with Crippen LogP contribution in [0.3, 0.4) is 0 Å². The molecule has 0 spiro atoms. The van der Waals surface area contributed by atoms with E-state index in [4.69, 9.17) is 15.9 Å². The summed E-state index contributed by atoms with van der Waals surface area (Å²) in [6.45, 7) is 6.15. The Hall–Kier alpha value is -3.61. The summed E-state index contributed by atoms with van der Waals surface area (Å²) in [6, 6.07) is 13.3. The molecule has 1 aromatic heterocycles. The van der Waals surface area contributed by atoms with Crippen molar-refractivity contribution in [1.29, 1.82) is 0 Å². The van der Waals surface area contributed by atoms with Gasteiger partial charge in [0.2, 0.25) is 0 Å². The minimum Gasteiger partial charge on any atom is -0.465 e. The Labute approximate surface area is 175 Å². The number of benzene rings is 2. The van der Waals surface area contributed by atoms with Crippen LogP contribution in [0.25, 0.3) is 22.0 Å². The smallest absolute Gasteiger partial charge is 0.411 e. The maximum atomic E-state index is 12.0. The van der Waals surface area contributed by atoms with E-state index in [0.29, 0.717) is 23.6 Å². The van der Waals surface area contributed by atoms with Crippen LogP contribution in [0, 0.1) is 12.8 Å². The highest BCUT2D eigenvalue weighted by Crippen LogP contribution is 2.40. The minimum atomic E-state index is -1.07. The van der Waals surface area contributed by atoms with Crippen molar-refractivity contribution in [3.05, 3.63) is 59.3 Å². The molecule has 0 aliphatic heterocycles. The third kappa shape index (κ3) is 4.05. The number of nitrogens with two attached hydrogens (primary N) is 1. The lowest BCUT2D eigenvalue weighted by atomic mass is 9.93. The van der Waals surface area contributed by atoms with Gasteiger partial charge in [0.15, 0.2) is 5.84 Å². The molecule has 0 radical (unpaired) electrons. The molecule has 7 heteroatoms. The van der Waals surface area contributed by atoms with Crippen LogP contribution >= 0.6 is 0 Å². The van der Waals surface area contributed by atoms with E-state index in [9.17, 15) is 9.90 Å². The predicted molar refractivity (Wildman–Crippen MR) is 119 cm³/mol. The van der Waals surface area contributed by atoms with E-state index in [1.807, 2.05) is 37.3 Å². The Bertz CT molecular complexity index is 1120. The Balaban J connectivity index is 2.47. The standard InChI is InChI=1S/C23H26N4O3/c1-13(2)11-19-21(27(4)23(28)29)20(15-7-5-14(3)6-8-15)17-12-16(22(24)26-30)9-10-18(17)25-19/h5-10,12-13,30H,11H2,1-4H3,(H2,24,26)(H,28,29). The lowest BCUT2D eigenvalue weighted by Gasteiger charge is -2.24. The van der Waals surface area contributed by atoms with Crippen LogP contribution in [-0.4, -0.2) is 34.3 Å². The summed E-state index contributed by atoms with van der Waals surface area (Å²) >= 11 is 0. The molecule has 4 N–H and O–H groups in total. The molecule has 156 valence electrons. The highest BCUT2D eigenvalue weighted by atomic mass is 16.4. The van der Waals surface area contributed by atoms with Gasteiger partial charge in [0, 0.05) is 23.6 Å². The lowest BCUT2D eigenvalue weighted by Crippen LogP contribution is -2.26. The van der Waals surface area contributed by atoms with Gasteiger partial charge in [0.1, 0.15) is 0 Å². The summed E-state index contributed by atoms with van der Waals surface area (Å²) in [5.74, 6) is 0.268. The van der Waals surface area contributed by atoms with Gasteiger partial charge in [-0.25, -0.2) is 4.79 Å². The number of nitrogens with zero attached hydrogens (tertiary/aromatic N) is 3. The average Bonchev–Trinajstić information content (AvgIpc) is 2.71. The lowest BCUT2D eigenvalue weighted by molar-refractivity contribution is 0.203. The Morgan fingerprint density at radius 2 is 1.87 bits per heavy atom. The summed E-state index contributed by atoms with van der Waals surface area (Å²) in [7, 11) is 1.53. The van der Waals surface area contributed by atoms with Gasteiger partial charge in [-0.05, 0) is 43.0 Å². The number of aryl methyl sites for hydroxylation is 1. The fourth-order valence-corrected chi connectivity index (χ4v) is 3.52. The van der Waals surface area contributed by atoms with E-state index in [1.54, 1.807) is 12.1 Å². The highest BCUT2D eigenvalue weighted by Gasteiger charge is 2.24. The summed E-state index contributed by atoms with van der Waals surface area (Å²) < 4.78 is 0. The van der Waals surface area contributed by atoms with Gasteiger partial charge in [0.25, 0.3) is 0 Å². The topological polar surface area (TPSA) is 112 Å². The number of aromatic nitrogens is 1. The third-order valence-electron chi connectivity index (χ3n) is 5.00. The van der Waals surface area contributed by atoms with E-state index in [-0.39, 0.29) is 5.84 Å². The molecule has 0 atom stereocenters. The zero-order valence-corrected chi connectivity index (χ0v) is 17.5. The van der Waals surface area contributed by atoms with Crippen molar-refractivity contribution in [1.82, 2.24) is 4.98 Å². The third-order valence-corrected chi connectivity index (χ3v) is 5.00. The molecule has 0 saturated carbocycles. The minimum absolute atomic E-state index is 0.0221. The van der Waals surface area contributed by atoms with Crippen LogP contribution in [0.1, 0.15) is 30.7 Å². The molecule has 2 aromatic carbocycles. The Morgan fingerprint density at radius 3 is 2.43 bits per heavy atom. The van der Waals surface area contributed by atoms with Crippen molar-refractivity contribution in [2.45, 2.75) is 27.2 Å². The molecule has 1 heterocycles. The fraction of sp³-hybridized carbons (Fsp3) is 0.261. The van der Waals surface area contributed by atoms with Crippen LogP contribution in [0.15, 0.2) is 47.6 Å². The molecular weight excluding hydrogens is 380 g/mol. The number of hydrogen-bond acceptors (Lipinski definition) is 4. The molecule has 0 fully saturated rings. The molecule has 3 rings (SSSR count). The molecular formula is C23H26N4O3. The number of rotatable bonds is 5. The molecule has 30 heavy (non-hydrogen) atoms. The first-order chi connectivity index (χ1) is 14.2. The fourth-order valence-electron chi connectivity index (χ4n) is 3.52. The van der Waals surface area contributed by atoms with E-state index in [0.717, 1.165) is 33.3 Å². The number of oxime groups is 1. The molecule has 0 aliphatic carbocycles. The first-order valence-electron chi connectivity index (χ1n) is 9.71. The molecule has 0 bridgehead atoms. The monoisotopic (exact) mass is 406 g/mol. The van der Waals surface area contributed by atoms with Crippen LogP contribution in [0.4, 0.5) is 10.5 Å². The summed E-state index contributed by atoms with van der Waals surface area (Å²) in [4.78, 5) is 18.0. The number of carboxylic acid groups (broad SMARTS) is 1. The number of amides is 1. The van der Waals surface area contributed by atoms with Crippen molar-refractivity contribution in [3.63, 3.8) is 0 Å². The van der Waals surface area contributed by atoms with Crippen LogP contribution in [-0.2, 0) is 6.42 Å². The number of fused-ring (bicyclic) bond motifs is 1. The second kappa shape index (κ2) is 8.41. The van der Waals surface area contributed by atoms with Gasteiger partial charge >= 0.3 is 6.09 Å². The Kier molecular flexibility index (Phi) is 5.91. The van der Waals surface area contributed by atoms with Gasteiger partial charge in [-0.1, -0.05) is 48.8 Å². The van der Waals surface area contributed by atoms with E-state index in [1.165, 1.54) is 11.9 Å². The summed E-state index contributed by atoms with van der Waals surface area (Å²) in [5.41, 5.74) is 11.1. The van der Waals surface area contributed by atoms with Gasteiger partial charge in [-0.3, -0.25) is 9.88 Å². The maximum Gasteiger partial charge on any atom is 0.411 e. The number of amidine groups is 1. The van der Waals surface area contributed by atoms with Gasteiger partial charge < -0.3 is 16.0 Å². The van der Waals surface area contributed by atoms with Crippen LogP contribution in [0.2, 0.25) is 0 Å². The molecule has 0 aliphatic rings. The predicted octanol–water partition coefficient (Wildman–Crippen LogP) is 4.62. The Morgan fingerprint density at radius 1 is 1.20 bits per heavy atom. The van der Waals surface area contributed by atoms with Crippen molar-refractivity contribution in [2.24, 2.45) is 16.8 Å². The normalized spacial score (nSPS) is 11.8. The number of hydrogen-bond donors (Lipinski definition) is 3. The molecule has 1 amide bonds.